The van der Waals surface area contributed by atoms with Crippen LogP contribution in [-0.4, -0.2) is 39.7 Å². The number of ether oxygens (including phenoxy) is 1. The molecule has 0 radical (unpaired) electrons. The Morgan fingerprint density at radius 3 is 2.38 bits per heavy atom. The van der Waals surface area contributed by atoms with Gasteiger partial charge in [-0.1, -0.05) is 18.2 Å². The van der Waals surface area contributed by atoms with Gasteiger partial charge in [0.1, 0.15) is 5.60 Å². The van der Waals surface area contributed by atoms with Crippen molar-refractivity contribution >= 4 is 28.9 Å². The zero-order chi connectivity index (χ0) is 22.0. The lowest BCUT2D eigenvalue weighted by atomic mass is 9.93. The SMILES string of the molecule is CC(c1ccc2cnc(C=CC(C)(C)C(=O)O)cc2c1)N(C)C(=O)OC(C)(C)C. The summed E-state index contributed by atoms with van der Waals surface area (Å²) in [6, 6.07) is 7.69. The molecule has 2 aromatic rings. The van der Waals surface area contributed by atoms with Gasteiger partial charge in [0, 0.05) is 18.6 Å². The summed E-state index contributed by atoms with van der Waals surface area (Å²) in [5.41, 5.74) is 0.128. The molecule has 1 aromatic heterocycles. The molecule has 0 aliphatic carbocycles. The molecule has 29 heavy (non-hydrogen) atoms. The fourth-order valence-corrected chi connectivity index (χ4v) is 2.61. The number of carboxylic acid groups (broad SMARTS) is 1. The van der Waals surface area contributed by atoms with Crippen molar-refractivity contribution in [2.45, 2.75) is 53.2 Å². The summed E-state index contributed by atoms with van der Waals surface area (Å²) in [5.74, 6) is -0.893. The monoisotopic (exact) mass is 398 g/mol. The molecule has 1 amide bonds. The quantitative estimate of drug-likeness (QED) is 0.740. The second-order valence-corrected chi connectivity index (χ2v) is 8.84. The van der Waals surface area contributed by atoms with E-state index in [1.54, 1.807) is 44.1 Å². The van der Waals surface area contributed by atoms with E-state index in [-0.39, 0.29) is 12.1 Å². The van der Waals surface area contributed by atoms with Gasteiger partial charge in [0.2, 0.25) is 0 Å². The fraction of sp³-hybridized carbons (Fsp3) is 0.435. The van der Waals surface area contributed by atoms with Crippen molar-refractivity contribution in [1.29, 1.82) is 0 Å². The molecule has 1 aromatic carbocycles. The van der Waals surface area contributed by atoms with Crippen LogP contribution in [0.3, 0.4) is 0 Å². The lowest BCUT2D eigenvalue weighted by Gasteiger charge is -2.29. The summed E-state index contributed by atoms with van der Waals surface area (Å²) in [7, 11) is 1.72. The predicted molar refractivity (Wildman–Crippen MR) is 115 cm³/mol. The molecular weight excluding hydrogens is 368 g/mol. The number of aliphatic carboxylic acids is 1. The number of hydrogen-bond donors (Lipinski definition) is 1. The topological polar surface area (TPSA) is 79.7 Å². The number of fused-ring (bicyclic) bond motifs is 1. The van der Waals surface area contributed by atoms with Gasteiger partial charge in [-0.3, -0.25) is 9.78 Å². The second kappa shape index (κ2) is 8.23. The van der Waals surface area contributed by atoms with Crippen LogP contribution >= 0.6 is 0 Å². The summed E-state index contributed by atoms with van der Waals surface area (Å²) < 4.78 is 5.45. The minimum Gasteiger partial charge on any atom is -0.481 e. The smallest absolute Gasteiger partial charge is 0.410 e. The number of carboxylic acids is 1. The summed E-state index contributed by atoms with van der Waals surface area (Å²) in [5, 5.41) is 11.2. The second-order valence-electron chi connectivity index (χ2n) is 8.84. The average Bonchev–Trinajstić information content (AvgIpc) is 2.63. The summed E-state index contributed by atoms with van der Waals surface area (Å²) >= 11 is 0. The summed E-state index contributed by atoms with van der Waals surface area (Å²) in [4.78, 5) is 29.6. The highest BCUT2D eigenvalue weighted by atomic mass is 16.6. The highest BCUT2D eigenvalue weighted by molar-refractivity contribution is 5.84. The molecule has 0 spiro atoms. The van der Waals surface area contributed by atoms with E-state index in [1.807, 2.05) is 52.0 Å². The molecule has 6 nitrogen and oxygen atoms in total. The van der Waals surface area contributed by atoms with Crippen molar-refractivity contribution in [3.63, 3.8) is 0 Å². The van der Waals surface area contributed by atoms with Gasteiger partial charge < -0.3 is 14.7 Å². The number of carbonyl (C=O) groups excluding carboxylic acids is 1. The number of hydrogen-bond acceptors (Lipinski definition) is 4. The van der Waals surface area contributed by atoms with Gasteiger partial charge in [-0.15, -0.1) is 0 Å². The third-order valence-corrected chi connectivity index (χ3v) is 4.73. The molecule has 156 valence electrons. The van der Waals surface area contributed by atoms with Crippen LogP contribution in [0.2, 0.25) is 0 Å². The number of aromatic nitrogens is 1. The number of carbonyl (C=O) groups is 2. The molecule has 6 heteroatoms. The van der Waals surface area contributed by atoms with Crippen molar-refractivity contribution in [3.05, 3.63) is 47.8 Å². The van der Waals surface area contributed by atoms with Gasteiger partial charge >= 0.3 is 12.1 Å². The summed E-state index contributed by atoms with van der Waals surface area (Å²) in [6.07, 6.45) is 4.73. The van der Waals surface area contributed by atoms with E-state index < -0.39 is 17.0 Å². The van der Waals surface area contributed by atoms with E-state index in [9.17, 15) is 14.7 Å². The summed E-state index contributed by atoms with van der Waals surface area (Å²) in [6.45, 7) is 10.7. The van der Waals surface area contributed by atoms with E-state index in [4.69, 9.17) is 4.74 Å². The van der Waals surface area contributed by atoms with E-state index >= 15 is 0 Å². The first-order valence-electron chi connectivity index (χ1n) is 9.58. The molecular formula is C23H30N2O4. The normalized spacial score (nSPS) is 13.5. The number of rotatable bonds is 5. The predicted octanol–water partition coefficient (Wildman–Crippen LogP) is 5.29. The largest absolute Gasteiger partial charge is 0.481 e. The first-order valence-corrected chi connectivity index (χ1v) is 9.58. The Morgan fingerprint density at radius 1 is 1.14 bits per heavy atom. The van der Waals surface area contributed by atoms with Gasteiger partial charge in [-0.2, -0.15) is 0 Å². The molecule has 0 fully saturated rings. The van der Waals surface area contributed by atoms with E-state index in [0.717, 1.165) is 16.3 Å². The Balaban J connectivity index is 2.29. The van der Waals surface area contributed by atoms with Crippen LogP contribution in [-0.2, 0) is 9.53 Å². The molecule has 1 N–H and O–H groups in total. The first kappa shape index (κ1) is 22.4. The molecule has 0 saturated carbocycles. The van der Waals surface area contributed by atoms with E-state index in [1.165, 1.54) is 0 Å². The zero-order valence-corrected chi connectivity index (χ0v) is 18.2. The highest BCUT2D eigenvalue weighted by Gasteiger charge is 2.24. The molecule has 0 aliphatic rings. The van der Waals surface area contributed by atoms with Gasteiger partial charge in [0.25, 0.3) is 0 Å². The Morgan fingerprint density at radius 2 is 1.79 bits per heavy atom. The third kappa shape index (κ3) is 5.79. The minimum absolute atomic E-state index is 0.174. The maximum atomic E-state index is 12.4. The number of nitrogens with zero attached hydrogens (tertiary/aromatic N) is 2. The van der Waals surface area contributed by atoms with Crippen LogP contribution in [0.1, 0.15) is 58.8 Å². The first-order chi connectivity index (χ1) is 13.3. The highest BCUT2D eigenvalue weighted by Crippen LogP contribution is 2.26. The van der Waals surface area contributed by atoms with E-state index in [2.05, 4.69) is 4.98 Å². The average molecular weight is 399 g/mol. The Kier molecular flexibility index (Phi) is 6.36. The number of pyridine rings is 1. The molecule has 1 unspecified atom stereocenters. The molecule has 1 heterocycles. The van der Waals surface area contributed by atoms with Crippen molar-refractivity contribution < 1.29 is 19.4 Å². The fourth-order valence-electron chi connectivity index (χ4n) is 2.61. The lowest BCUT2D eigenvalue weighted by molar-refractivity contribution is -0.144. The van der Waals surface area contributed by atoms with Crippen molar-refractivity contribution in [2.24, 2.45) is 5.41 Å². The molecule has 0 bridgehead atoms. The molecule has 0 saturated heterocycles. The van der Waals surface area contributed by atoms with Gasteiger partial charge in [-0.25, -0.2) is 4.79 Å². The van der Waals surface area contributed by atoms with E-state index in [0.29, 0.717) is 5.69 Å². The molecule has 2 rings (SSSR count). The molecule has 1 atom stereocenters. The minimum atomic E-state index is -0.969. The number of amides is 1. The lowest BCUT2D eigenvalue weighted by Crippen LogP contribution is -2.35. The van der Waals surface area contributed by atoms with Crippen LogP contribution in [0.25, 0.3) is 16.8 Å². The van der Waals surface area contributed by atoms with Crippen molar-refractivity contribution in [1.82, 2.24) is 9.88 Å². The third-order valence-electron chi connectivity index (χ3n) is 4.73. The van der Waals surface area contributed by atoms with Crippen LogP contribution in [0.15, 0.2) is 36.5 Å². The van der Waals surface area contributed by atoms with Crippen LogP contribution in [0.5, 0.6) is 0 Å². The molecule has 0 aliphatic heterocycles. The number of benzene rings is 1. The Bertz CT molecular complexity index is 942. The maximum Gasteiger partial charge on any atom is 0.410 e. The van der Waals surface area contributed by atoms with Gasteiger partial charge in [0.05, 0.1) is 17.2 Å². The Hall–Kier alpha value is -2.89. The van der Waals surface area contributed by atoms with Gasteiger partial charge in [-0.05, 0) is 70.7 Å². The Labute approximate surface area is 172 Å². The van der Waals surface area contributed by atoms with Crippen LogP contribution in [0, 0.1) is 5.41 Å². The van der Waals surface area contributed by atoms with Crippen molar-refractivity contribution in [2.75, 3.05) is 7.05 Å². The van der Waals surface area contributed by atoms with Gasteiger partial charge in [0.15, 0.2) is 0 Å². The standard InChI is InChI=1S/C23H30N2O4/c1-15(25(7)21(28)29-22(2,3)4)16-8-9-17-14-24-19(13-18(17)12-16)10-11-23(5,6)20(26)27/h8-15H,1-7H3,(H,26,27). The maximum absolute atomic E-state index is 12.4. The van der Waals surface area contributed by atoms with Crippen LogP contribution in [0.4, 0.5) is 4.79 Å². The zero-order valence-electron chi connectivity index (χ0n) is 18.2. The van der Waals surface area contributed by atoms with Crippen molar-refractivity contribution in [3.8, 4) is 0 Å². The van der Waals surface area contributed by atoms with Crippen LogP contribution < -0.4 is 0 Å².